The molecule has 1 saturated heterocycles. The fourth-order valence-corrected chi connectivity index (χ4v) is 2.76. The highest BCUT2D eigenvalue weighted by Crippen LogP contribution is 2.17. The average Bonchev–Trinajstić information content (AvgIpc) is 3.15. The van der Waals surface area contributed by atoms with Gasteiger partial charge in [0, 0.05) is 31.8 Å². The van der Waals surface area contributed by atoms with E-state index < -0.39 is 0 Å². The van der Waals surface area contributed by atoms with Crippen molar-refractivity contribution < 1.29 is 14.3 Å². The van der Waals surface area contributed by atoms with Crippen LogP contribution >= 0.6 is 0 Å². The summed E-state index contributed by atoms with van der Waals surface area (Å²) in [6.07, 6.45) is 2.15. The van der Waals surface area contributed by atoms with Crippen LogP contribution < -0.4 is 14.8 Å². The summed E-state index contributed by atoms with van der Waals surface area (Å²) in [6, 6.07) is 12.7. The molecule has 1 aromatic carbocycles. The van der Waals surface area contributed by atoms with Crippen molar-refractivity contribution >= 4 is 6.03 Å². The first-order valence-electron chi connectivity index (χ1n) is 8.36. The number of benzene rings is 1. The average molecular weight is 352 g/mol. The summed E-state index contributed by atoms with van der Waals surface area (Å²) in [5.74, 6) is 1.20. The zero-order valence-electron chi connectivity index (χ0n) is 14.5. The van der Waals surface area contributed by atoms with E-state index in [1.807, 2.05) is 24.3 Å². The number of methoxy groups -OCH3 is 1. The molecule has 1 aliphatic heterocycles. The third-order valence-corrected chi connectivity index (χ3v) is 4.19. The Morgan fingerprint density at radius 2 is 2.19 bits per heavy atom. The minimum absolute atomic E-state index is 0.120. The van der Waals surface area contributed by atoms with E-state index in [-0.39, 0.29) is 12.1 Å². The predicted octanol–water partition coefficient (Wildman–Crippen LogP) is 2.32. The quantitative estimate of drug-likeness (QED) is 0.892. The number of nitrogens with zero attached hydrogens (tertiary/aromatic N) is 3. The Labute approximate surface area is 152 Å². The molecule has 0 aliphatic carbocycles. The first kappa shape index (κ1) is 17.5. The van der Waals surface area contributed by atoms with E-state index >= 15 is 0 Å². The highest BCUT2D eigenvalue weighted by Gasteiger charge is 2.27. The van der Waals surface area contributed by atoms with Crippen LogP contribution in [0.5, 0.6) is 11.6 Å². The molecule has 0 spiro atoms. The van der Waals surface area contributed by atoms with Crippen molar-refractivity contribution in [1.82, 2.24) is 15.2 Å². The second-order valence-electron chi connectivity index (χ2n) is 5.98. The van der Waals surface area contributed by atoms with Gasteiger partial charge in [-0.05, 0) is 23.8 Å². The third-order valence-electron chi connectivity index (χ3n) is 4.19. The lowest BCUT2D eigenvalue weighted by Crippen LogP contribution is -2.39. The van der Waals surface area contributed by atoms with Crippen molar-refractivity contribution in [3.63, 3.8) is 0 Å². The number of hydrogen-bond donors (Lipinski definition) is 1. The molecule has 26 heavy (non-hydrogen) atoms. The summed E-state index contributed by atoms with van der Waals surface area (Å²) in [5, 5.41) is 11.8. The van der Waals surface area contributed by atoms with Crippen molar-refractivity contribution in [2.75, 3.05) is 20.2 Å². The summed E-state index contributed by atoms with van der Waals surface area (Å²) in [4.78, 5) is 18.1. The molecule has 0 saturated carbocycles. The zero-order valence-corrected chi connectivity index (χ0v) is 14.5. The molecular weight excluding hydrogens is 332 g/mol. The molecule has 1 unspecified atom stereocenters. The Morgan fingerprint density at radius 3 is 2.92 bits per heavy atom. The van der Waals surface area contributed by atoms with Gasteiger partial charge in [-0.3, -0.25) is 0 Å². The van der Waals surface area contributed by atoms with Crippen molar-refractivity contribution in [3.05, 3.63) is 53.7 Å². The number of ether oxygens (including phenoxy) is 2. The van der Waals surface area contributed by atoms with Gasteiger partial charge in [0.1, 0.15) is 11.9 Å². The van der Waals surface area contributed by atoms with E-state index in [9.17, 15) is 4.79 Å². The number of pyridine rings is 1. The number of urea groups is 1. The topological polar surface area (TPSA) is 87.5 Å². The molecule has 7 nitrogen and oxygen atoms in total. The van der Waals surface area contributed by atoms with E-state index in [0.29, 0.717) is 31.1 Å². The summed E-state index contributed by atoms with van der Waals surface area (Å²) in [5.41, 5.74) is 1.51. The van der Waals surface area contributed by atoms with Crippen molar-refractivity contribution in [1.29, 1.82) is 5.26 Å². The van der Waals surface area contributed by atoms with E-state index in [0.717, 1.165) is 17.7 Å². The van der Waals surface area contributed by atoms with Gasteiger partial charge in [-0.1, -0.05) is 12.1 Å². The summed E-state index contributed by atoms with van der Waals surface area (Å²) >= 11 is 0. The molecule has 1 atom stereocenters. The summed E-state index contributed by atoms with van der Waals surface area (Å²) < 4.78 is 10.9. The summed E-state index contributed by atoms with van der Waals surface area (Å²) in [7, 11) is 1.62. The third kappa shape index (κ3) is 4.42. The van der Waals surface area contributed by atoms with Gasteiger partial charge < -0.3 is 19.7 Å². The second-order valence-corrected chi connectivity index (χ2v) is 5.98. The number of nitriles is 1. The zero-order chi connectivity index (χ0) is 18.4. The van der Waals surface area contributed by atoms with Crippen LogP contribution in [0.4, 0.5) is 4.79 Å². The molecule has 2 aromatic rings. The van der Waals surface area contributed by atoms with Crippen LogP contribution in [0.2, 0.25) is 0 Å². The van der Waals surface area contributed by atoms with Crippen molar-refractivity contribution in [2.45, 2.75) is 19.1 Å². The van der Waals surface area contributed by atoms with Gasteiger partial charge in [0.15, 0.2) is 0 Å². The highest BCUT2D eigenvalue weighted by molar-refractivity contribution is 5.74. The van der Waals surface area contributed by atoms with Crippen molar-refractivity contribution in [2.24, 2.45) is 0 Å². The molecule has 1 aromatic heterocycles. The molecule has 134 valence electrons. The summed E-state index contributed by atoms with van der Waals surface area (Å²) in [6.45, 7) is 1.57. The SMILES string of the molecule is COc1ccc(CNC(=O)N2CCC(Oc3cc(C#N)ccn3)C2)cc1. The molecule has 2 heterocycles. The highest BCUT2D eigenvalue weighted by atomic mass is 16.5. The van der Waals surface area contributed by atoms with Gasteiger partial charge in [0.2, 0.25) is 5.88 Å². The molecule has 1 N–H and O–H groups in total. The largest absolute Gasteiger partial charge is 0.497 e. The smallest absolute Gasteiger partial charge is 0.317 e. The molecular formula is C19H20N4O3. The minimum Gasteiger partial charge on any atom is -0.497 e. The van der Waals surface area contributed by atoms with Gasteiger partial charge in [-0.25, -0.2) is 9.78 Å². The molecule has 7 heteroatoms. The predicted molar refractivity (Wildman–Crippen MR) is 94.8 cm³/mol. The number of hydrogen-bond acceptors (Lipinski definition) is 5. The van der Waals surface area contributed by atoms with E-state index in [4.69, 9.17) is 14.7 Å². The number of rotatable bonds is 5. The van der Waals surface area contributed by atoms with Crippen LogP contribution in [-0.4, -0.2) is 42.2 Å². The lowest BCUT2D eigenvalue weighted by Gasteiger charge is -2.18. The first-order valence-corrected chi connectivity index (χ1v) is 8.36. The normalized spacial score (nSPS) is 16.0. The Hall–Kier alpha value is -3.27. The molecule has 0 bridgehead atoms. The van der Waals surface area contributed by atoms with Crippen LogP contribution in [0.15, 0.2) is 42.6 Å². The molecule has 3 rings (SSSR count). The minimum atomic E-state index is -0.122. The number of carbonyl (C=O) groups excluding carboxylic acids is 1. The maximum atomic E-state index is 12.3. The van der Waals surface area contributed by atoms with Gasteiger partial charge in [0.05, 0.1) is 25.3 Å². The fraction of sp³-hybridized carbons (Fsp3) is 0.316. The Balaban J connectivity index is 1.48. The first-order chi connectivity index (χ1) is 12.7. The van der Waals surface area contributed by atoms with Gasteiger partial charge >= 0.3 is 6.03 Å². The van der Waals surface area contributed by atoms with Crippen LogP contribution in [0.25, 0.3) is 0 Å². The molecule has 2 amide bonds. The van der Waals surface area contributed by atoms with Gasteiger partial charge in [-0.2, -0.15) is 5.26 Å². The number of aromatic nitrogens is 1. The number of nitrogens with one attached hydrogen (secondary N) is 1. The molecule has 1 aliphatic rings. The maximum Gasteiger partial charge on any atom is 0.317 e. The van der Waals surface area contributed by atoms with Crippen LogP contribution in [-0.2, 0) is 6.54 Å². The Bertz CT molecular complexity index is 801. The monoisotopic (exact) mass is 352 g/mol. The van der Waals surface area contributed by atoms with Gasteiger partial charge in [-0.15, -0.1) is 0 Å². The standard InChI is InChI=1S/C19H20N4O3/c1-25-16-4-2-14(3-5-16)12-22-19(24)23-9-7-17(13-23)26-18-10-15(11-20)6-8-21-18/h2-6,8,10,17H,7,9,12-13H2,1H3,(H,22,24). The maximum absolute atomic E-state index is 12.3. The second kappa shape index (κ2) is 8.21. The Morgan fingerprint density at radius 1 is 1.38 bits per heavy atom. The van der Waals surface area contributed by atoms with E-state index in [2.05, 4.69) is 16.4 Å². The Kier molecular flexibility index (Phi) is 5.54. The number of amides is 2. The lowest BCUT2D eigenvalue weighted by atomic mass is 10.2. The molecule has 1 fully saturated rings. The molecule has 0 radical (unpaired) electrons. The lowest BCUT2D eigenvalue weighted by molar-refractivity contribution is 0.183. The van der Waals surface area contributed by atoms with Gasteiger partial charge in [0.25, 0.3) is 0 Å². The van der Waals surface area contributed by atoms with Crippen LogP contribution in [0, 0.1) is 11.3 Å². The number of carbonyl (C=O) groups is 1. The number of likely N-dealkylation sites (tertiary alicyclic amines) is 1. The van der Waals surface area contributed by atoms with Crippen molar-refractivity contribution in [3.8, 4) is 17.7 Å². The van der Waals surface area contributed by atoms with Crippen LogP contribution in [0.3, 0.4) is 0 Å². The van der Waals surface area contributed by atoms with E-state index in [1.54, 1.807) is 30.3 Å². The van der Waals surface area contributed by atoms with Crippen LogP contribution in [0.1, 0.15) is 17.5 Å². The fourth-order valence-electron chi connectivity index (χ4n) is 2.76. The van der Waals surface area contributed by atoms with E-state index in [1.165, 1.54) is 0 Å².